The predicted octanol–water partition coefficient (Wildman–Crippen LogP) is 2.01. The SMILES string of the molecule is CN(C)c1ccc(C(=O)N2C[C@H]3CN(CC4CCC4)C[C@@]3(C(=O)O)C2)cc1. The molecule has 0 aromatic heterocycles. The molecule has 0 spiro atoms. The molecule has 2 atom stereocenters. The van der Waals surface area contributed by atoms with Gasteiger partial charge in [-0.05, 0) is 43.0 Å². The van der Waals surface area contributed by atoms with E-state index in [1.165, 1.54) is 19.3 Å². The second-order valence-electron chi connectivity index (χ2n) is 8.78. The quantitative estimate of drug-likeness (QED) is 0.858. The summed E-state index contributed by atoms with van der Waals surface area (Å²) in [6.07, 6.45) is 3.85. The molecule has 0 bridgehead atoms. The molecular weight excluding hydrogens is 342 g/mol. The number of fused-ring (bicyclic) bond motifs is 1. The highest BCUT2D eigenvalue weighted by Gasteiger charge is 2.58. The van der Waals surface area contributed by atoms with E-state index in [9.17, 15) is 14.7 Å². The summed E-state index contributed by atoms with van der Waals surface area (Å²) >= 11 is 0. The van der Waals surface area contributed by atoms with Gasteiger partial charge in [0.25, 0.3) is 5.91 Å². The molecule has 0 radical (unpaired) electrons. The second-order valence-corrected chi connectivity index (χ2v) is 8.78. The lowest BCUT2D eigenvalue weighted by Crippen LogP contribution is -2.43. The molecule has 1 saturated carbocycles. The summed E-state index contributed by atoms with van der Waals surface area (Å²) < 4.78 is 0. The minimum absolute atomic E-state index is 0.0278. The number of hydrogen-bond acceptors (Lipinski definition) is 4. The average molecular weight is 371 g/mol. The molecule has 6 nitrogen and oxygen atoms in total. The van der Waals surface area contributed by atoms with E-state index >= 15 is 0 Å². The van der Waals surface area contributed by atoms with E-state index in [0.717, 1.165) is 24.7 Å². The number of benzene rings is 1. The molecule has 1 aromatic rings. The van der Waals surface area contributed by atoms with Crippen LogP contribution in [-0.2, 0) is 4.79 Å². The summed E-state index contributed by atoms with van der Waals surface area (Å²) in [7, 11) is 3.93. The van der Waals surface area contributed by atoms with Gasteiger partial charge in [-0.3, -0.25) is 9.59 Å². The first-order valence-electron chi connectivity index (χ1n) is 9.91. The summed E-state index contributed by atoms with van der Waals surface area (Å²) in [5, 5.41) is 9.99. The van der Waals surface area contributed by atoms with E-state index in [1.54, 1.807) is 4.90 Å². The van der Waals surface area contributed by atoms with Gasteiger partial charge in [-0.25, -0.2) is 0 Å². The lowest BCUT2D eigenvalue weighted by Gasteiger charge is -2.31. The number of amides is 1. The summed E-state index contributed by atoms with van der Waals surface area (Å²) in [4.78, 5) is 31.2. The van der Waals surface area contributed by atoms with Crippen LogP contribution in [0.5, 0.6) is 0 Å². The number of likely N-dealkylation sites (tertiary alicyclic amines) is 2. The van der Waals surface area contributed by atoms with Crippen molar-refractivity contribution in [1.29, 1.82) is 0 Å². The Morgan fingerprint density at radius 1 is 1.15 bits per heavy atom. The van der Waals surface area contributed by atoms with Crippen molar-refractivity contribution in [2.24, 2.45) is 17.3 Å². The van der Waals surface area contributed by atoms with Gasteiger partial charge in [0.2, 0.25) is 0 Å². The Balaban J connectivity index is 1.46. The van der Waals surface area contributed by atoms with Gasteiger partial charge in [0.05, 0.1) is 0 Å². The fraction of sp³-hybridized carbons (Fsp3) is 0.619. The normalized spacial score (nSPS) is 28.1. The largest absolute Gasteiger partial charge is 0.481 e. The molecule has 2 saturated heterocycles. The first kappa shape index (κ1) is 18.3. The molecular formula is C21H29N3O3. The molecule has 3 aliphatic rings. The number of anilines is 1. The van der Waals surface area contributed by atoms with E-state index in [-0.39, 0.29) is 11.8 Å². The number of carbonyl (C=O) groups is 2. The van der Waals surface area contributed by atoms with Crippen LogP contribution in [0.15, 0.2) is 24.3 Å². The van der Waals surface area contributed by atoms with Gasteiger partial charge >= 0.3 is 5.97 Å². The van der Waals surface area contributed by atoms with Crippen molar-refractivity contribution in [1.82, 2.24) is 9.80 Å². The van der Waals surface area contributed by atoms with Crippen LogP contribution >= 0.6 is 0 Å². The lowest BCUT2D eigenvalue weighted by atomic mass is 9.81. The number of carboxylic acids is 1. The summed E-state index contributed by atoms with van der Waals surface area (Å²) in [5.41, 5.74) is 0.870. The van der Waals surface area contributed by atoms with Gasteiger partial charge in [0.15, 0.2) is 0 Å². The van der Waals surface area contributed by atoms with Crippen LogP contribution in [-0.4, -0.2) is 73.6 Å². The number of aliphatic carboxylic acids is 1. The molecule has 4 rings (SSSR count). The highest BCUT2D eigenvalue weighted by atomic mass is 16.4. The van der Waals surface area contributed by atoms with Crippen molar-refractivity contribution in [3.8, 4) is 0 Å². The van der Waals surface area contributed by atoms with Crippen LogP contribution in [0.2, 0.25) is 0 Å². The van der Waals surface area contributed by atoms with Crippen molar-refractivity contribution >= 4 is 17.6 Å². The zero-order chi connectivity index (χ0) is 19.2. The Bertz CT molecular complexity index is 729. The number of carbonyl (C=O) groups excluding carboxylic acids is 1. The highest BCUT2D eigenvalue weighted by molar-refractivity contribution is 5.95. The smallest absolute Gasteiger partial charge is 0.313 e. The number of rotatable bonds is 5. The van der Waals surface area contributed by atoms with Crippen LogP contribution < -0.4 is 4.90 Å². The summed E-state index contributed by atoms with van der Waals surface area (Å²) in [5.74, 6) is -0.0366. The molecule has 1 N–H and O–H groups in total. The monoisotopic (exact) mass is 371 g/mol. The van der Waals surface area contributed by atoms with Crippen LogP contribution in [0.1, 0.15) is 29.6 Å². The maximum Gasteiger partial charge on any atom is 0.313 e. The van der Waals surface area contributed by atoms with Crippen molar-refractivity contribution in [2.75, 3.05) is 51.7 Å². The zero-order valence-electron chi connectivity index (χ0n) is 16.2. The van der Waals surface area contributed by atoms with E-state index in [0.29, 0.717) is 25.2 Å². The third-order valence-electron chi connectivity index (χ3n) is 6.76. The molecule has 3 fully saturated rings. The molecule has 27 heavy (non-hydrogen) atoms. The van der Waals surface area contributed by atoms with Crippen molar-refractivity contribution < 1.29 is 14.7 Å². The van der Waals surface area contributed by atoms with Crippen molar-refractivity contribution in [2.45, 2.75) is 19.3 Å². The first-order valence-corrected chi connectivity index (χ1v) is 9.91. The van der Waals surface area contributed by atoms with Crippen LogP contribution in [0.4, 0.5) is 5.69 Å². The van der Waals surface area contributed by atoms with Crippen molar-refractivity contribution in [3.05, 3.63) is 29.8 Å². The second kappa shape index (κ2) is 6.82. The van der Waals surface area contributed by atoms with E-state index in [1.807, 2.05) is 43.3 Å². The third-order valence-corrected chi connectivity index (χ3v) is 6.76. The van der Waals surface area contributed by atoms with E-state index in [2.05, 4.69) is 4.90 Å². The third kappa shape index (κ3) is 3.20. The first-order chi connectivity index (χ1) is 12.9. The molecule has 146 valence electrons. The maximum absolute atomic E-state index is 12.9. The maximum atomic E-state index is 12.9. The molecule has 1 aliphatic carbocycles. The van der Waals surface area contributed by atoms with Crippen LogP contribution in [0.3, 0.4) is 0 Å². The fourth-order valence-corrected chi connectivity index (χ4v) is 4.89. The molecule has 2 aliphatic heterocycles. The number of nitrogens with zero attached hydrogens (tertiary/aromatic N) is 3. The van der Waals surface area contributed by atoms with E-state index in [4.69, 9.17) is 0 Å². The van der Waals surface area contributed by atoms with Gasteiger partial charge < -0.3 is 19.8 Å². The Hall–Kier alpha value is -2.08. The standard InChI is InChI=1S/C21H29N3O3/c1-22(2)18-8-6-16(7-9-18)19(25)24-12-17-11-23(10-15-4-3-5-15)13-21(17,14-24)20(26)27/h6-9,15,17H,3-5,10-14H2,1-2H3,(H,26,27)/t17-,21-/m1/s1. The topological polar surface area (TPSA) is 64.1 Å². The molecule has 2 heterocycles. The summed E-state index contributed by atoms with van der Waals surface area (Å²) in [6, 6.07) is 7.53. The minimum Gasteiger partial charge on any atom is -0.481 e. The molecule has 0 unspecified atom stereocenters. The highest BCUT2D eigenvalue weighted by Crippen LogP contribution is 2.44. The molecule has 1 aromatic carbocycles. The molecule has 6 heteroatoms. The lowest BCUT2D eigenvalue weighted by molar-refractivity contribution is -0.148. The minimum atomic E-state index is -0.803. The Morgan fingerprint density at radius 2 is 1.85 bits per heavy atom. The summed E-state index contributed by atoms with van der Waals surface area (Å²) in [6.45, 7) is 3.26. The fourth-order valence-electron chi connectivity index (χ4n) is 4.89. The zero-order valence-corrected chi connectivity index (χ0v) is 16.2. The number of hydrogen-bond donors (Lipinski definition) is 1. The van der Waals surface area contributed by atoms with E-state index < -0.39 is 11.4 Å². The van der Waals surface area contributed by atoms with Gasteiger partial charge in [-0.15, -0.1) is 0 Å². The van der Waals surface area contributed by atoms with Gasteiger partial charge in [0.1, 0.15) is 5.41 Å². The van der Waals surface area contributed by atoms with Gasteiger partial charge in [-0.2, -0.15) is 0 Å². The Kier molecular flexibility index (Phi) is 4.62. The van der Waals surface area contributed by atoms with Crippen LogP contribution in [0.25, 0.3) is 0 Å². The van der Waals surface area contributed by atoms with Crippen molar-refractivity contribution in [3.63, 3.8) is 0 Å². The number of carboxylic acid groups (broad SMARTS) is 1. The molecule has 1 amide bonds. The van der Waals surface area contributed by atoms with Gasteiger partial charge in [0, 0.05) is 64.0 Å². The Morgan fingerprint density at radius 3 is 2.37 bits per heavy atom. The Labute approximate surface area is 160 Å². The predicted molar refractivity (Wildman–Crippen MR) is 104 cm³/mol. The average Bonchev–Trinajstić information content (AvgIpc) is 3.12. The van der Waals surface area contributed by atoms with Gasteiger partial charge in [-0.1, -0.05) is 6.42 Å². The van der Waals surface area contributed by atoms with Crippen LogP contribution in [0, 0.1) is 17.3 Å².